The van der Waals surface area contributed by atoms with E-state index in [0.717, 1.165) is 18.2 Å². The Bertz CT molecular complexity index is 703. The third-order valence-electron chi connectivity index (χ3n) is 3.77. The van der Waals surface area contributed by atoms with Gasteiger partial charge in [0.2, 0.25) is 0 Å². The van der Waals surface area contributed by atoms with Gasteiger partial charge in [-0.05, 0) is 14.1 Å². The summed E-state index contributed by atoms with van der Waals surface area (Å²) in [5, 5.41) is 22.1. The van der Waals surface area contributed by atoms with Gasteiger partial charge in [0.15, 0.2) is 0 Å². The third kappa shape index (κ3) is 6.29. The lowest BCUT2D eigenvalue weighted by Gasteiger charge is -2.26. The monoisotopic (exact) mass is 382 g/mol. The molecule has 0 spiro atoms. The van der Waals surface area contributed by atoms with E-state index in [4.69, 9.17) is 0 Å². The van der Waals surface area contributed by atoms with Crippen molar-refractivity contribution in [1.82, 2.24) is 9.80 Å². The van der Waals surface area contributed by atoms with Crippen LogP contribution in [0.2, 0.25) is 0 Å². The second-order valence-electron chi connectivity index (χ2n) is 6.23. The van der Waals surface area contributed by atoms with Crippen LogP contribution in [0.15, 0.2) is 18.2 Å². The highest BCUT2D eigenvalue weighted by Gasteiger charge is 2.26. The Kier molecular flexibility index (Phi) is 7.79. The third-order valence-corrected chi connectivity index (χ3v) is 3.77. The summed E-state index contributed by atoms with van der Waals surface area (Å²) in [6.45, 7) is 2.29. The number of nitro benzene ring substituents is 2. The zero-order valence-corrected chi connectivity index (χ0v) is 15.6. The van der Waals surface area contributed by atoms with Crippen molar-refractivity contribution in [3.05, 3.63) is 44.0 Å². The van der Waals surface area contributed by atoms with Crippen molar-refractivity contribution >= 4 is 23.3 Å². The Morgan fingerprint density at radius 2 is 1.59 bits per heavy atom. The highest BCUT2D eigenvalue weighted by Crippen LogP contribution is 2.24. The summed E-state index contributed by atoms with van der Waals surface area (Å²) in [7, 11) is 4.82. The molecule has 27 heavy (non-hydrogen) atoms. The summed E-state index contributed by atoms with van der Waals surface area (Å²) in [4.78, 5) is 48.1. The van der Waals surface area contributed by atoms with E-state index in [1.165, 1.54) is 12.0 Å². The molecule has 0 aliphatic heterocycles. The summed E-state index contributed by atoms with van der Waals surface area (Å²) in [6, 6.07) is 2.76. The molecular formula is C16H22N4O7. The van der Waals surface area contributed by atoms with Crippen LogP contribution in [0.3, 0.4) is 0 Å². The number of hydrogen-bond acceptors (Lipinski definition) is 8. The Labute approximate surface area is 155 Å². The van der Waals surface area contributed by atoms with E-state index < -0.39 is 39.0 Å². The number of likely N-dealkylation sites (N-methyl/N-ethyl adjacent to an activating group) is 1. The van der Waals surface area contributed by atoms with Gasteiger partial charge in [-0.3, -0.25) is 29.8 Å². The maximum atomic E-state index is 12.9. The lowest BCUT2D eigenvalue weighted by Crippen LogP contribution is -2.41. The van der Waals surface area contributed by atoms with Crippen LogP contribution < -0.4 is 0 Å². The zero-order chi connectivity index (χ0) is 20.7. The number of ether oxygens (including phenoxy) is 1. The number of rotatable bonds is 9. The molecule has 148 valence electrons. The Morgan fingerprint density at radius 1 is 1.07 bits per heavy atom. The highest BCUT2D eigenvalue weighted by atomic mass is 16.6. The van der Waals surface area contributed by atoms with Crippen LogP contribution in [0.25, 0.3) is 0 Å². The highest BCUT2D eigenvalue weighted by molar-refractivity contribution is 5.96. The topological polar surface area (TPSA) is 136 Å². The fourth-order valence-electron chi connectivity index (χ4n) is 2.31. The summed E-state index contributed by atoms with van der Waals surface area (Å²) < 4.78 is 4.66. The van der Waals surface area contributed by atoms with Crippen molar-refractivity contribution in [2.45, 2.75) is 6.92 Å². The number of carbonyl (C=O) groups is 2. The summed E-state index contributed by atoms with van der Waals surface area (Å²) in [6.07, 6.45) is 0. The molecule has 0 aliphatic rings. The minimum absolute atomic E-state index is 0.00976. The van der Waals surface area contributed by atoms with E-state index in [1.807, 2.05) is 4.90 Å². The fraction of sp³-hybridized carbons (Fsp3) is 0.500. The molecule has 0 aromatic heterocycles. The van der Waals surface area contributed by atoms with Gasteiger partial charge in [0.1, 0.15) is 0 Å². The number of esters is 1. The second kappa shape index (κ2) is 9.57. The predicted octanol–water partition coefficient (Wildman–Crippen LogP) is 1.32. The molecule has 0 N–H and O–H groups in total. The van der Waals surface area contributed by atoms with E-state index in [9.17, 15) is 29.8 Å². The molecule has 1 aromatic carbocycles. The van der Waals surface area contributed by atoms with Gasteiger partial charge in [-0.1, -0.05) is 6.92 Å². The molecule has 0 fully saturated rings. The molecule has 1 atom stereocenters. The van der Waals surface area contributed by atoms with Gasteiger partial charge in [-0.15, -0.1) is 0 Å². The average Bonchev–Trinajstić information content (AvgIpc) is 2.62. The Morgan fingerprint density at radius 3 is 2.00 bits per heavy atom. The van der Waals surface area contributed by atoms with Crippen molar-refractivity contribution < 1.29 is 24.2 Å². The van der Waals surface area contributed by atoms with Gasteiger partial charge in [0, 0.05) is 31.8 Å². The van der Waals surface area contributed by atoms with E-state index in [0.29, 0.717) is 6.54 Å². The Balaban J connectivity index is 3.24. The maximum absolute atomic E-state index is 12.9. The van der Waals surface area contributed by atoms with Crippen LogP contribution in [0.4, 0.5) is 11.4 Å². The second-order valence-corrected chi connectivity index (χ2v) is 6.23. The summed E-state index contributed by atoms with van der Waals surface area (Å²) in [5.41, 5.74) is -1.30. The largest absolute Gasteiger partial charge is 0.469 e. The SMILES string of the molecule is COC(=O)C(C)CN(CCN(C)C)C(=O)c1cc([N+](=O)[O-])cc([N+](=O)[O-])c1. The molecule has 1 rings (SSSR count). The van der Waals surface area contributed by atoms with E-state index in [-0.39, 0.29) is 18.7 Å². The quantitative estimate of drug-likeness (QED) is 0.354. The molecule has 0 aliphatic carbocycles. The van der Waals surface area contributed by atoms with Crippen LogP contribution in [0.1, 0.15) is 17.3 Å². The number of carbonyl (C=O) groups excluding carboxylic acids is 2. The number of nitrogens with zero attached hydrogens (tertiary/aromatic N) is 4. The van der Waals surface area contributed by atoms with Crippen LogP contribution in [0.5, 0.6) is 0 Å². The van der Waals surface area contributed by atoms with Gasteiger partial charge in [-0.25, -0.2) is 0 Å². The first-order chi connectivity index (χ1) is 12.6. The van der Waals surface area contributed by atoms with Gasteiger partial charge < -0.3 is 14.5 Å². The first-order valence-corrected chi connectivity index (χ1v) is 8.02. The summed E-state index contributed by atoms with van der Waals surface area (Å²) in [5.74, 6) is -1.78. The van der Waals surface area contributed by atoms with Crippen molar-refractivity contribution in [2.75, 3.05) is 40.8 Å². The number of methoxy groups -OCH3 is 1. The zero-order valence-electron chi connectivity index (χ0n) is 15.6. The standard InChI is InChI=1S/C16H22N4O7/c1-11(16(22)27-4)10-18(6-5-17(2)3)15(21)12-7-13(19(23)24)9-14(8-12)20(25)26/h7-9,11H,5-6,10H2,1-4H3. The van der Waals surface area contributed by atoms with Gasteiger partial charge in [0.05, 0.1) is 34.5 Å². The number of hydrogen-bond donors (Lipinski definition) is 0. The van der Waals surface area contributed by atoms with Crippen LogP contribution in [-0.4, -0.2) is 72.4 Å². The summed E-state index contributed by atoms with van der Waals surface area (Å²) >= 11 is 0. The average molecular weight is 382 g/mol. The number of non-ortho nitro benzene ring substituents is 2. The lowest BCUT2D eigenvalue weighted by atomic mass is 10.1. The van der Waals surface area contributed by atoms with Gasteiger partial charge >= 0.3 is 5.97 Å². The molecule has 11 heteroatoms. The van der Waals surface area contributed by atoms with Crippen LogP contribution >= 0.6 is 0 Å². The number of nitro groups is 2. The molecule has 11 nitrogen and oxygen atoms in total. The lowest BCUT2D eigenvalue weighted by molar-refractivity contribution is -0.394. The predicted molar refractivity (Wildman–Crippen MR) is 95.4 cm³/mol. The normalized spacial score (nSPS) is 11.7. The molecule has 1 unspecified atom stereocenters. The van der Waals surface area contributed by atoms with Crippen molar-refractivity contribution in [1.29, 1.82) is 0 Å². The number of amides is 1. The minimum atomic E-state index is -0.801. The molecular weight excluding hydrogens is 360 g/mol. The van der Waals surface area contributed by atoms with E-state index in [2.05, 4.69) is 4.74 Å². The van der Waals surface area contributed by atoms with E-state index >= 15 is 0 Å². The molecule has 0 bridgehead atoms. The minimum Gasteiger partial charge on any atom is -0.469 e. The molecule has 0 heterocycles. The Hall–Kier alpha value is -3.08. The fourth-order valence-corrected chi connectivity index (χ4v) is 2.31. The molecule has 0 radical (unpaired) electrons. The molecule has 0 saturated carbocycles. The van der Waals surface area contributed by atoms with Crippen molar-refractivity contribution in [3.63, 3.8) is 0 Å². The van der Waals surface area contributed by atoms with Gasteiger partial charge in [-0.2, -0.15) is 0 Å². The molecule has 1 aromatic rings. The maximum Gasteiger partial charge on any atom is 0.310 e. The molecule has 1 amide bonds. The molecule has 0 saturated heterocycles. The van der Waals surface area contributed by atoms with Crippen LogP contribution in [0, 0.1) is 26.1 Å². The smallest absolute Gasteiger partial charge is 0.310 e. The number of benzene rings is 1. The van der Waals surface area contributed by atoms with Crippen molar-refractivity contribution in [2.24, 2.45) is 5.92 Å². The van der Waals surface area contributed by atoms with Crippen molar-refractivity contribution in [3.8, 4) is 0 Å². The van der Waals surface area contributed by atoms with E-state index in [1.54, 1.807) is 21.0 Å². The first kappa shape index (κ1) is 22.0. The van der Waals surface area contributed by atoms with Crippen LogP contribution in [-0.2, 0) is 9.53 Å². The first-order valence-electron chi connectivity index (χ1n) is 8.02. The van der Waals surface area contributed by atoms with Gasteiger partial charge in [0.25, 0.3) is 17.3 Å².